The average Bonchev–Trinajstić information content (AvgIpc) is 3.04. The van der Waals surface area contributed by atoms with Crippen LogP contribution in [0.5, 0.6) is 0 Å². The number of rotatable bonds is 1. The Labute approximate surface area is 143 Å². The van der Waals surface area contributed by atoms with Gasteiger partial charge in [0.05, 0.1) is 0 Å². The number of thiazole rings is 1. The SMILES string of the molecule is Cc1sc2ncc(C(=O)N3c4ccccc4C[C@H]3C)c(=O)n2c1C. The van der Waals surface area contributed by atoms with Gasteiger partial charge < -0.3 is 4.90 Å². The lowest BCUT2D eigenvalue weighted by Gasteiger charge is -2.22. The molecular formula is C18H17N3O2S. The van der Waals surface area contributed by atoms with Crippen molar-refractivity contribution in [1.82, 2.24) is 9.38 Å². The highest BCUT2D eigenvalue weighted by molar-refractivity contribution is 7.17. The van der Waals surface area contributed by atoms with Crippen molar-refractivity contribution in [2.24, 2.45) is 0 Å². The number of amides is 1. The van der Waals surface area contributed by atoms with Crippen molar-refractivity contribution in [2.45, 2.75) is 33.2 Å². The Bertz CT molecular complexity index is 1030. The number of hydrogen-bond donors (Lipinski definition) is 0. The molecule has 4 rings (SSSR count). The highest BCUT2D eigenvalue weighted by atomic mass is 32.1. The number of hydrogen-bond acceptors (Lipinski definition) is 4. The summed E-state index contributed by atoms with van der Waals surface area (Å²) in [5.41, 5.74) is 2.70. The lowest BCUT2D eigenvalue weighted by molar-refractivity contribution is 0.0979. The molecule has 1 aliphatic rings. The van der Waals surface area contributed by atoms with Crippen LogP contribution in [-0.2, 0) is 6.42 Å². The van der Waals surface area contributed by atoms with E-state index in [0.717, 1.165) is 28.2 Å². The maximum Gasteiger partial charge on any atom is 0.271 e. The summed E-state index contributed by atoms with van der Waals surface area (Å²) in [5, 5.41) is 0. The molecule has 1 aliphatic heterocycles. The Hall–Kier alpha value is -2.47. The number of carbonyl (C=O) groups is 1. The van der Waals surface area contributed by atoms with E-state index in [1.54, 1.807) is 9.30 Å². The van der Waals surface area contributed by atoms with E-state index in [1.807, 2.05) is 45.0 Å². The second kappa shape index (κ2) is 5.27. The van der Waals surface area contributed by atoms with Gasteiger partial charge in [0.25, 0.3) is 11.5 Å². The first-order valence-electron chi connectivity index (χ1n) is 7.88. The molecule has 6 heteroatoms. The summed E-state index contributed by atoms with van der Waals surface area (Å²) in [4.78, 5) is 33.6. The van der Waals surface area contributed by atoms with E-state index in [9.17, 15) is 9.59 Å². The van der Waals surface area contributed by atoms with Crippen LogP contribution in [-0.4, -0.2) is 21.3 Å². The highest BCUT2D eigenvalue weighted by Crippen LogP contribution is 2.32. The summed E-state index contributed by atoms with van der Waals surface area (Å²) >= 11 is 1.46. The monoisotopic (exact) mass is 339 g/mol. The third-order valence-electron chi connectivity index (χ3n) is 4.67. The van der Waals surface area contributed by atoms with E-state index >= 15 is 0 Å². The minimum atomic E-state index is -0.288. The predicted molar refractivity (Wildman–Crippen MR) is 95.2 cm³/mol. The molecule has 3 aromatic rings. The summed E-state index contributed by atoms with van der Waals surface area (Å²) in [6, 6.07) is 7.87. The van der Waals surface area contributed by atoms with Gasteiger partial charge >= 0.3 is 0 Å². The molecule has 1 atom stereocenters. The number of aryl methyl sites for hydroxylation is 2. The molecule has 5 nitrogen and oxygen atoms in total. The zero-order valence-electron chi connectivity index (χ0n) is 13.7. The molecule has 0 N–H and O–H groups in total. The molecule has 0 saturated carbocycles. The number of nitrogens with zero attached hydrogens (tertiary/aromatic N) is 3. The summed E-state index contributed by atoms with van der Waals surface area (Å²) < 4.78 is 1.54. The molecule has 1 aromatic carbocycles. The van der Waals surface area contributed by atoms with Crippen molar-refractivity contribution >= 4 is 27.9 Å². The fourth-order valence-electron chi connectivity index (χ4n) is 3.33. The molecule has 0 saturated heterocycles. The zero-order chi connectivity index (χ0) is 17.0. The Morgan fingerprint density at radius 2 is 2.04 bits per heavy atom. The molecule has 2 aromatic heterocycles. The quantitative estimate of drug-likeness (QED) is 0.685. The van der Waals surface area contributed by atoms with E-state index < -0.39 is 0 Å². The first-order valence-corrected chi connectivity index (χ1v) is 8.70. The fraction of sp³-hybridized carbons (Fsp3) is 0.278. The lowest BCUT2D eigenvalue weighted by atomic mass is 10.1. The van der Waals surface area contributed by atoms with Gasteiger partial charge in [-0.2, -0.15) is 0 Å². The summed E-state index contributed by atoms with van der Waals surface area (Å²) in [6.45, 7) is 5.83. The topological polar surface area (TPSA) is 54.7 Å². The largest absolute Gasteiger partial charge is 0.305 e. The van der Waals surface area contributed by atoms with Gasteiger partial charge in [-0.05, 0) is 38.8 Å². The second-order valence-electron chi connectivity index (χ2n) is 6.20. The molecule has 0 bridgehead atoms. The highest BCUT2D eigenvalue weighted by Gasteiger charge is 2.33. The van der Waals surface area contributed by atoms with Crippen LogP contribution < -0.4 is 10.5 Å². The number of carbonyl (C=O) groups excluding carboxylic acids is 1. The number of aromatic nitrogens is 2. The summed E-state index contributed by atoms with van der Waals surface area (Å²) in [6.07, 6.45) is 2.22. The summed E-state index contributed by atoms with van der Waals surface area (Å²) in [7, 11) is 0. The molecule has 24 heavy (non-hydrogen) atoms. The Balaban J connectivity index is 1.87. The van der Waals surface area contributed by atoms with Crippen LogP contribution in [0.1, 0.15) is 33.4 Å². The fourth-order valence-corrected chi connectivity index (χ4v) is 4.26. The van der Waals surface area contributed by atoms with Crippen molar-refractivity contribution < 1.29 is 4.79 Å². The van der Waals surface area contributed by atoms with Gasteiger partial charge in [0.15, 0.2) is 4.96 Å². The molecule has 1 amide bonds. The third kappa shape index (κ3) is 2.03. The maximum absolute atomic E-state index is 13.1. The molecule has 0 spiro atoms. The second-order valence-corrected chi connectivity index (χ2v) is 7.38. The first kappa shape index (κ1) is 15.1. The number of benzene rings is 1. The van der Waals surface area contributed by atoms with Crippen molar-refractivity contribution in [1.29, 1.82) is 0 Å². The number of para-hydroxylation sites is 1. The zero-order valence-corrected chi connectivity index (χ0v) is 14.6. The van der Waals surface area contributed by atoms with Crippen molar-refractivity contribution in [3.8, 4) is 0 Å². The van der Waals surface area contributed by atoms with E-state index in [-0.39, 0.29) is 23.1 Å². The summed E-state index contributed by atoms with van der Waals surface area (Å²) in [5.74, 6) is -0.275. The van der Waals surface area contributed by atoms with Crippen LogP contribution in [0.4, 0.5) is 5.69 Å². The standard InChI is InChI=1S/C18H17N3O2S/c1-10-8-13-6-4-5-7-15(13)20(10)16(22)14-9-19-18-21(17(14)23)11(2)12(3)24-18/h4-7,9-10H,8H2,1-3H3/t10-/m1/s1. The molecule has 0 radical (unpaired) electrons. The molecule has 3 heterocycles. The number of anilines is 1. The van der Waals surface area contributed by atoms with Gasteiger partial charge in [0.2, 0.25) is 0 Å². The van der Waals surface area contributed by atoms with Crippen molar-refractivity contribution in [3.05, 3.63) is 62.5 Å². The average molecular weight is 339 g/mol. The van der Waals surface area contributed by atoms with Crippen LogP contribution in [0.15, 0.2) is 35.3 Å². The van der Waals surface area contributed by atoms with Crippen LogP contribution in [0, 0.1) is 13.8 Å². The lowest BCUT2D eigenvalue weighted by Crippen LogP contribution is -2.39. The minimum Gasteiger partial charge on any atom is -0.305 e. The van der Waals surface area contributed by atoms with Crippen LogP contribution in [0.2, 0.25) is 0 Å². The van der Waals surface area contributed by atoms with Crippen LogP contribution >= 0.6 is 11.3 Å². The van der Waals surface area contributed by atoms with E-state index in [1.165, 1.54) is 17.5 Å². The first-order chi connectivity index (χ1) is 11.5. The van der Waals surface area contributed by atoms with E-state index in [0.29, 0.717) is 4.96 Å². The third-order valence-corrected chi connectivity index (χ3v) is 5.75. The van der Waals surface area contributed by atoms with Gasteiger partial charge in [-0.3, -0.25) is 14.0 Å². The molecule has 0 aliphatic carbocycles. The Morgan fingerprint density at radius 1 is 1.29 bits per heavy atom. The molecule has 122 valence electrons. The Morgan fingerprint density at radius 3 is 2.83 bits per heavy atom. The van der Waals surface area contributed by atoms with Gasteiger partial charge in [-0.1, -0.05) is 18.2 Å². The predicted octanol–water partition coefficient (Wildman–Crippen LogP) is 2.96. The molecule has 0 fully saturated rings. The molecule has 0 unspecified atom stereocenters. The van der Waals surface area contributed by atoms with Gasteiger partial charge in [-0.15, -0.1) is 11.3 Å². The van der Waals surface area contributed by atoms with Crippen LogP contribution in [0.3, 0.4) is 0 Å². The normalized spacial score (nSPS) is 16.6. The van der Waals surface area contributed by atoms with Crippen molar-refractivity contribution in [2.75, 3.05) is 4.90 Å². The van der Waals surface area contributed by atoms with E-state index in [2.05, 4.69) is 4.98 Å². The molecular weight excluding hydrogens is 322 g/mol. The Kier molecular flexibility index (Phi) is 3.31. The van der Waals surface area contributed by atoms with Gasteiger partial charge in [-0.25, -0.2) is 4.98 Å². The van der Waals surface area contributed by atoms with Crippen molar-refractivity contribution in [3.63, 3.8) is 0 Å². The minimum absolute atomic E-state index is 0.0281. The van der Waals surface area contributed by atoms with E-state index in [4.69, 9.17) is 0 Å². The number of fused-ring (bicyclic) bond motifs is 2. The van der Waals surface area contributed by atoms with Crippen LogP contribution in [0.25, 0.3) is 4.96 Å². The maximum atomic E-state index is 13.1. The van der Waals surface area contributed by atoms with Gasteiger partial charge in [0.1, 0.15) is 5.56 Å². The van der Waals surface area contributed by atoms with Gasteiger partial charge in [0, 0.05) is 28.5 Å². The smallest absolute Gasteiger partial charge is 0.271 e.